The van der Waals surface area contributed by atoms with E-state index in [1.165, 1.54) is 0 Å². The SMILES string of the molecule is CC(C)(C)OCCO.CC(C)(C)OCCOCCO. The molecule has 0 rings (SSSR count). The van der Waals surface area contributed by atoms with Crippen molar-refractivity contribution < 1.29 is 24.4 Å². The Hall–Kier alpha value is -0.200. The first kappa shape index (κ1) is 21.1. The fourth-order valence-corrected chi connectivity index (χ4v) is 0.925. The van der Waals surface area contributed by atoms with Crippen molar-refractivity contribution in [3.05, 3.63) is 0 Å². The van der Waals surface area contributed by atoms with Crippen LogP contribution in [0.25, 0.3) is 0 Å². The van der Waals surface area contributed by atoms with Gasteiger partial charge in [-0.3, -0.25) is 0 Å². The predicted octanol–water partition coefficient (Wildman–Crippen LogP) is 1.60. The second-order valence-electron chi connectivity index (χ2n) is 5.98. The topological polar surface area (TPSA) is 68.2 Å². The Balaban J connectivity index is 0. The van der Waals surface area contributed by atoms with Crippen LogP contribution < -0.4 is 0 Å². The molecule has 0 aromatic carbocycles. The molecule has 0 fully saturated rings. The maximum atomic E-state index is 8.36. The van der Waals surface area contributed by atoms with E-state index in [1.54, 1.807) is 0 Å². The molecule has 118 valence electrons. The molecule has 5 nitrogen and oxygen atoms in total. The molecule has 2 N–H and O–H groups in total. The van der Waals surface area contributed by atoms with Crippen LogP contribution in [0.15, 0.2) is 0 Å². The smallest absolute Gasteiger partial charge is 0.0707 e. The van der Waals surface area contributed by atoms with Crippen LogP contribution in [0.3, 0.4) is 0 Å². The summed E-state index contributed by atoms with van der Waals surface area (Å²) in [7, 11) is 0. The Bertz CT molecular complexity index is 181. The van der Waals surface area contributed by atoms with Gasteiger partial charge in [-0.1, -0.05) is 0 Å². The summed E-state index contributed by atoms with van der Waals surface area (Å²) in [5.41, 5.74) is -0.203. The molecule has 0 aliphatic carbocycles. The maximum absolute atomic E-state index is 8.36. The van der Waals surface area contributed by atoms with Crippen molar-refractivity contribution in [2.75, 3.05) is 39.6 Å². The Morgan fingerprint density at radius 3 is 1.37 bits per heavy atom. The maximum Gasteiger partial charge on any atom is 0.0707 e. The van der Waals surface area contributed by atoms with Crippen LogP contribution >= 0.6 is 0 Å². The number of hydrogen-bond donors (Lipinski definition) is 2. The Labute approximate surface area is 117 Å². The Morgan fingerprint density at radius 1 is 0.632 bits per heavy atom. The summed E-state index contributed by atoms with van der Waals surface area (Å²) in [4.78, 5) is 0. The fourth-order valence-electron chi connectivity index (χ4n) is 0.925. The lowest BCUT2D eigenvalue weighted by atomic mass is 10.2. The van der Waals surface area contributed by atoms with E-state index in [4.69, 9.17) is 24.4 Å². The molecule has 19 heavy (non-hydrogen) atoms. The highest BCUT2D eigenvalue weighted by molar-refractivity contribution is 4.58. The molecule has 0 bridgehead atoms. The quantitative estimate of drug-likeness (QED) is 0.693. The number of aliphatic hydroxyl groups excluding tert-OH is 2. The zero-order valence-electron chi connectivity index (χ0n) is 13.4. The molecule has 0 aliphatic rings. The van der Waals surface area contributed by atoms with Crippen LogP contribution in [0, 0.1) is 0 Å². The number of rotatable bonds is 7. The third kappa shape index (κ3) is 27.1. The average Bonchev–Trinajstić information content (AvgIpc) is 2.24. The van der Waals surface area contributed by atoms with Crippen LogP contribution in [0.1, 0.15) is 41.5 Å². The summed E-state index contributed by atoms with van der Waals surface area (Å²) in [6.07, 6.45) is 0. The fraction of sp³-hybridized carbons (Fsp3) is 1.00. The Kier molecular flexibility index (Phi) is 12.9. The van der Waals surface area contributed by atoms with E-state index in [-0.39, 0.29) is 24.4 Å². The van der Waals surface area contributed by atoms with E-state index in [9.17, 15) is 0 Å². The first-order chi connectivity index (χ1) is 8.62. The van der Waals surface area contributed by atoms with Gasteiger partial charge < -0.3 is 24.4 Å². The van der Waals surface area contributed by atoms with E-state index in [1.807, 2.05) is 41.5 Å². The molecule has 0 heterocycles. The molecule has 0 unspecified atom stereocenters. The van der Waals surface area contributed by atoms with Gasteiger partial charge in [0, 0.05) is 0 Å². The molecule has 0 aliphatic heterocycles. The second kappa shape index (κ2) is 11.6. The molecule has 0 amide bonds. The normalized spacial score (nSPS) is 12.0. The van der Waals surface area contributed by atoms with E-state index in [0.717, 1.165) is 0 Å². The standard InChI is InChI=1S/C8H18O3.C6H14O2/c1-8(2,3)11-7-6-10-5-4-9;1-6(2,3)8-5-4-7/h9H,4-7H2,1-3H3;7H,4-5H2,1-3H3. The molecule has 0 saturated carbocycles. The number of ether oxygens (including phenoxy) is 3. The lowest BCUT2D eigenvalue weighted by molar-refractivity contribution is -0.0384. The summed E-state index contributed by atoms with van der Waals surface area (Å²) in [5.74, 6) is 0. The van der Waals surface area contributed by atoms with Gasteiger partial charge in [-0.2, -0.15) is 0 Å². The van der Waals surface area contributed by atoms with Crippen molar-refractivity contribution in [3.63, 3.8) is 0 Å². The highest BCUT2D eigenvalue weighted by Gasteiger charge is 2.08. The first-order valence-corrected chi connectivity index (χ1v) is 6.70. The molecule has 5 heteroatoms. The van der Waals surface area contributed by atoms with Crippen molar-refractivity contribution >= 4 is 0 Å². The molecule has 0 saturated heterocycles. The third-order valence-electron chi connectivity index (χ3n) is 1.62. The monoisotopic (exact) mass is 280 g/mol. The summed E-state index contributed by atoms with van der Waals surface area (Å²) in [6.45, 7) is 14.0. The van der Waals surface area contributed by atoms with Crippen molar-refractivity contribution in [1.82, 2.24) is 0 Å². The van der Waals surface area contributed by atoms with Crippen LogP contribution in [-0.2, 0) is 14.2 Å². The molecule has 0 atom stereocenters. The molecule has 0 aromatic rings. The van der Waals surface area contributed by atoms with Gasteiger partial charge >= 0.3 is 0 Å². The minimum absolute atomic E-state index is 0.0789. The second-order valence-corrected chi connectivity index (χ2v) is 5.98. The van der Waals surface area contributed by atoms with Crippen LogP contribution in [0.4, 0.5) is 0 Å². The lowest BCUT2D eigenvalue weighted by Crippen LogP contribution is -2.22. The van der Waals surface area contributed by atoms with Gasteiger partial charge in [0.25, 0.3) is 0 Å². The molecular weight excluding hydrogens is 248 g/mol. The van der Waals surface area contributed by atoms with E-state index in [2.05, 4.69) is 0 Å². The molecule has 0 aromatic heterocycles. The van der Waals surface area contributed by atoms with Gasteiger partial charge in [-0.05, 0) is 41.5 Å². The summed E-state index contributed by atoms with van der Waals surface area (Å²) < 4.78 is 15.5. The van der Waals surface area contributed by atoms with E-state index in [0.29, 0.717) is 26.4 Å². The average molecular weight is 280 g/mol. The van der Waals surface area contributed by atoms with Gasteiger partial charge in [-0.25, -0.2) is 0 Å². The lowest BCUT2D eigenvalue weighted by Gasteiger charge is -2.19. The van der Waals surface area contributed by atoms with Crippen molar-refractivity contribution in [2.24, 2.45) is 0 Å². The zero-order valence-corrected chi connectivity index (χ0v) is 13.4. The van der Waals surface area contributed by atoms with Crippen molar-refractivity contribution in [2.45, 2.75) is 52.7 Å². The zero-order chi connectivity index (χ0) is 15.4. The van der Waals surface area contributed by atoms with Gasteiger partial charge in [0.15, 0.2) is 0 Å². The van der Waals surface area contributed by atoms with E-state index < -0.39 is 0 Å². The molecule has 0 spiro atoms. The van der Waals surface area contributed by atoms with Crippen LogP contribution in [0.5, 0.6) is 0 Å². The van der Waals surface area contributed by atoms with Gasteiger partial charge in [0.2, 0.25) is 0 Å². The minimum Gasteiger partial charge on any atom is -0.394 e. The van der Waals surface area contributed by atoms with Crippen molar-refractivity contribution in [3.8, 4) is 0 Å². The number of aliphatic hydroxyl groups is 2. The Morgan fingerprint density at radius 2 is 1.05 bits per heavy atom. The van der Waals surface area contributed by atoms with Crippen molar-refractivity contribution in [1.29, 1.82) is 0 Å². The number of hydrogen-bond acceptors (Lipinski definition) is 5. The largest absolute Gasteiger partial charge is 0.394 e. The highest BCUT2D eigenvalue weighted by Crippen LogP contribution is 2.05. The molecular formula is C14H32O5. The highest BCUT2D eigenvalue weighted by atomic mass is 16.5. The third-order valence-corrected chi connectivity index (χ3v) is 1.62. The van der Waals surface area contributed by atoms with Crippen LogP contribution in [0.2, 0.25) is 0 Å². The summed E-state index contributed by atoms with van der Waals surface area (Å²) in [5, 5.41) is 16.7. The molecule has 0 radical (unpaired) electrons. The first-order valence-electron chi connectivity index (χ1n) is 6.70. The van der Waals surface area contributed by atoms with E-state index >= 15 is 0 Å². The van der Waals surface area contributed by atoms with Crippen LogP contribution in [-0.4, -0.2) is 61.1 Å². The van der Waals surface area contributed by atoms with Gasteiger partial charge in [-0.15, -0.1) is 0 Å². The minimum atomic E-state index is -0.108. The summed E-state index contributed by atoms with van der Waals surface area (Å²) >= 11 is 0. The van der Waals surface area contributed by atoms with Gasteiger partial charge in [0.05, 0.1) is 50.8 Å². The predicted molar refractivity (Wildman–Crippen MR) is 76.4 cm³/mol. The van der Waals surface area contributed by atoms with Gasteiger partial charge in [0.1, 0.15) is 0 Å². The summed E-state index contributed by atoms with van der Waals surface area (Å²) in [6, 6.07) is 0.